The first-order valence-corrected chi connectivity index (χ1v) is 8.04. The lowest BCUT2D eigenvalue weighted by molar-refractivity contribution is 0.158. The molecule has 2 rings (SSSR count). The zero-order chi connectivity index (χ0) is 12.1. The van der Waals surface area contributed by atoms with Gasteiger partial charge in [0.25, 0.3) is 0 Å². The summed E-state index contributed by atoms with van der Waals surface area (Å²) in [5.74, 6) is 2.95. The van der Waals surface area contributed by atoms with E-state index in [1.165, 1.54) is 57.8 Å². The van der Waals surface area contributed by atoms with E-state index in [0.29, 0.717) is 0 Å². The van der Waals surface area contributed by atoms with E-state index in [-0.39, 0.29) is 0 Å². The zero-order valence-electron chi connectivity index (χ0n) is 11.9. The molecular weight excluding hydrogens is 206 g/mol. The Bertz CT molecular complexity index is 200. The van der Waals surface area contributed by atoms with E-state index in [1.807, 2.05) is 0 Å². The maximum absolute atomic E-state index is 3.84. The van der Waals surface area contributed by atoms with Crippen LogP contribution in [-0.4, -0.2) is 12.6 Å². The summed E-state index contributed by atoms with van der Waals surface area (Å²) in [5.41, 5.74) is 0. The van der Waals surface area contributed by atoms with Crippen LogP contribution in [0.25, 0.3) is 0 Å². The van der Waals surface area contributed by atoms with E-state index in [0.717, 1.165) is 30.3 Å². The van der Waals surface area contributed by atoms with Crippen molar-refractivity contribution in [2.75, 3.05) is 6.54 Å². The topological polar surface area (TPSA) is 12.0 Å². The van der Waals surface area contributed by atoms with Gasteiger partial charge in [-0.2, -0.15) is 0 Å². The molecule has 100 valence electrons. The Morgan fingerprint density at radius 1 is 0.882 bits per heavy atom. The van der Waals surface area contributed by atoms with Crippen LogP contribution in [0.4, 0.5) is 0 Å². The minimum atomic E-state index is 0.841. The molecule has 0 aliphatic heterocycles. The molecule has 0 radical (unpaired) electrons. The van der Waals surface area contributed by atoms with Crippen LogP contribution in [0.3, 0.4) is 0 Å². The summed E-state index contributed by atoms with van der Waals surface area (Å²) in [6.07, 6.45) is 13.3. The van der Waals surface area contributed by atoms with Crippen molar-refractivity contribution >= 4 is 0 Å². The predicted molar refractivity (Wildman–Crippen MR) is 75.2 cm³/mol. The van der Waals surface area contributed by atoms with Crippen molar-refractivity contribution in [3.05, 3.63) is 0 Å². The second-order valence-corrected chi connectivity index (χ2v) is 6.50. The quantitative estimate of drug-likeness (QED) is 0.765. The monoisotopic (exact) mass is 237 g/mol. The Labute approximate surface area is 108 Å². The van der Waals surface area contributed by atoms with Crippen molar-refractivity contribution in [2.45, 2.75) is 77.7 Å². The Kier molecular flexibility index (Phi) is 5.34. The summed E-state index contributed by atoms with van der Waals surface area (Å²) in [7, 11) is 0. The molecule has 1 N–H and O–H groups in total. The van der Waals surface area contributed by atoms with E-state index >= 15 is 0 Å². The molecule has 2 aliphatic rings. The maximum atomic E-state index is 3.84. The third-order valence-corrected chi connectivity index (χ3v) is 5.17. The Morgan fingerprint density at radius 3 is 2.06 bits per heavy atom. The summed E-state index contributed by atoms with van der Waals surface area (Å²) < 4.78 is 0. The van der Waals surface area contributed by atoms with Crippen molar-refractivity contribution in [1.29, 1.82) is 0 Å². The van der Waals surface area contributed by atoms with E-state index in [4.69, 9.17) is 0 Å². The number of hydrogen-bond acceptors (Lipinski definition) is 1. The average molecular weight is 237 g/mol. The molecule has 1 heteroatoms. The first-order valence-electron chi connectivity index (χ1n) is 8.04. The van der Waals surface area contributed by atoms with Crippen LogP contribution in [0.2, 0.25) is 0 Å². The van der Waals surface area contributed by atoms with E-state index in [9.17, 15) is 0 Å². The zero-order valence-corrected chi connectivity index (χ0v) is 11.9. The van der Waals surface area contributed by atoms with Crippen LogP contribution in [-0.2, 0) is 0 Å². The molecule has 0 amide bonds. The van der Waals surface area contributed by atoms with Crippen LogP contribution < -0.4 is 5.32 Å². The van der Waals surface area contributed by atoms with Gasteiger partial charge in [0, 0.05) is 6.04 Å². The standard InChI is InChI=1S/C16H31N/c1-3-17-16(14-7-5-4-6-8-14)15-11-9-13(2)10-12-15/h13-17H,3-12H2,1-2H3. The molecule has 17 heavy (non-hydrogen) atoms. The minimum Gasteiger partial charge on any atom is -0.314 e. The van der Waals surface area contributed by atoms with Crippen LogP contribution in [0.15, 0.2) is 0 Å². The second-order valence-electron chi connectivity index (χ2n) is 6.50. The normalized spacial score (nSPS) is 33.5. The SMILES string of the molecule is CCNC(C1CCCCC1)C1CCC(C)CC1. The molecule has 0 aromatic carbocycles. The number of nitrogens with one attached hydrogen (secondary N) is 1. The van der Waals surface area contributed by atoms with Crippen molar-refractivity contribution in [1.82, 2.24) is 5.32 Å². The van der Waals surface area contributed by atoms with Crippen LogP contribution >= 0.6 is 0 Å². The first-order chi connectivity index (χ1) is 8.31. The lowest BCUT2D eigenvalue weighted by Crippen LogP contribution is -2.44. The highest BCUT2D eigenvalue weighted by Gasteiger charge is 2.31. The highest BCUT2D eigenvalue weighted by atomic mass is 14.9. The smallest absolute Gasteiger partial charge is 0.0123 e. The van der Waals surface area contributed by atoms with Gasteiger partial charge in [0.1, 0.15) is 0 Å². The summed E-state index contributed by atoms with van der Waals surface area (Å²) in [6.45, 7) is 5.87. The van der Waals surface area contributed by atoms with E-state index < -0.39 is 0 Å². The molecule has 0 bridgehead atoms. The van der Waals surface area contributed by atoms with E-state index in [2.05, 4.69) is 19.2 Å². The lowest BCUT2D eigenvalue weighted by Gasteiger charge is -2.39. The van der Waals surface area contributed by atoms with Crippen molar-refractivity contribution in [3.8, 4) is 0 Å². The molecule has 0 heterocycles. The fraction of sp³-hybridized carbons (Fsp3) is 1.00. The molecule has 2 aliphatic carbocycles. The van der Waals surface area contributed by atoms with Gasteiger partial charge in [0.2, 0.25) is 0 Å². The van der Waals surface area contributed by atoms with Gasteiger partial charge in [-0.3, -0.25) is 0 Å². The van der Waals surface area contributed by atoms with Gasteiger partial charge in [0.15, 0.2) is 0 Å². The Balaban J connectivity index is 1.90. The van der Waals surface area contributed by atoms with Crippen molar-refractivity contribution in [3.63, 3.8) is 0 Å². The molecule has 1 unspecified atom stereocenters. The maximum Gasteiger partial charge on any atom is 0.0123 e. The molecule has 0 aromatic heterocycles. The summed E-state index contributed by atoms with van der Waals surface area (Å²) in [6, 6.07) is 0.841. The van der Waals surface area contributed by atoms with Gasteiger partial charge in [-0.25, -0.2) is 0 Å². The molecule has 1 atom stereocenters. The summed E-state index contributed by atoms with van der Waals surface area (Å²) in [5, 5.41) is 3.84. The molecule has 0 spiro atoms. The van der Waals surface area contributed by atoms with Crippen molar-refractivity contribution in [2.24, 2.45) is 17.8 Å². The van der Waals surface area contributed by atoms with Gasteiger partial charge < -0.3 is 5.32 Å². The third kappa shape index (κ3) is 3.71. The van der Waals surface area contributed by atoms with Gasteiger partial charge >= 0.3 is 0 Å². The van der Waals surface area contributed by atoms with Gasteiger partial charge in [0.05, 0.1) is 0 Å². The predicted octanol–water partition coefficient (Wildman–Crippen LogP) is 4.37. The fourth-order valence-corrected chi connectivity index (χ4v) is 4.09. The summed E-state index contributed by atoms with van der Waals surface area (Å²) in [4.78, 5) is 0. The highest BCUT2D eigenvalue weighted by Crippen LogP contribution is 2.37. The second kappa shape index (κ2) is 6.78. The Morgan fingerprint density at radius 2 is 1.47 bits per heavy atom. The lowest BCUT2D eigenvalue weighted by atomic mass is 9.72. The number of rotatable bonds is 4. The highest BCUT2D eigenvalue weighted by molar-refractivity contribution is 4.87. The molecule has 1 nitrogen and oxygen atoms in total. The molecular formula is C16H31N. The van der Waals surface area contributed by atoms with E-state index in [1.54, 1.807) is 0 Å². The fourth-order valence-electron chi connectivity index (χ4n) is 4.09. The first kappa shape index (κ1) is 13.4. The molecule has 2 fully saturated rings. The Hall–Kier alpha value is -0.0400. The molecule has 0 aromatic rings. The van der Waals surface area contributed by atoms with Crippen molar-refractivity contribution < 1.29 is 0 Å². The minimum absolute atomic E-state index is 0.841. The number of hydrogen-bond donors (Lipinski definition) is 1. The third-order valence-electron chi connectivity index (χ3n) is 5.17. The van der Waals surface area contributed by atoms with Crippen LogP contribution in [0.5, 0.6) is 0 Å². The van der Waals surface area contributed by atoms with Crippen LogP contribution in [0, 0.1) is 17.8 Å². The van der Waals surface area contributed by atoms with Gasteiger partial charge in [-0.1, -0.05) is 46.0 Å². The van der Waals surface area contributed by atoms with Crippen LogP contribution in [0.1, 0.15) is 71.6 Å². The average Bonchev–Trinajstić information content (AvgIpc) is 2.38. The summed E-state index contributed by atoms with van der Waals surface area (Å²) >= 11 is 0. The molecule has 2 saturated carbocycles. The largest absolute Gasteiger partial charge is 0.314 e. The van der Waals surface area contributed by atoms with Gasteiger partial charge in [-0.15, -0.1) is 0 Å². The molecule has 0 saturated heterocycles. The van der Waals surface area contributed by atoms with Gasteiger partial charge in [-0.05, 0) is 50.0 Å².